The van der Waals surface area contributed by atoms with E-state index in [-0.39, 0.29) is 18.8 Å². The summed E-state index contributed by atoms with van der Waals surface area (Å²) in [6.45, 7) is 3.66. The molecule has 0 aliphatic heterocycles. The number of nitrogens with zero attached hydrogens (tertiary/aromatic N) is 1. The fourth-order valence-corrected chi connectivity index (χ4v) is 4.38. The first-order valence-electron chi connectivity index (χ1n) is 14.2. The summed E-state index contributed by atoms with van der Waals surface area (Å²) in [5, 5.41) is 32.4. The number of hydrogen-bond acceptors (Lipinski definition) is 10. The molecule has 6 N–H and O–H groups in total. The minimum atomic E-state index is -1.09. The topological polar surface area (TPSA) is 181 Å². The number of benzene rings is 2. The van der Waals surface area contributed by atoms with Gasteiger partial charge in [0.1, 0.15) is 11.8 Å². The zero-order valence-electron chi connectivity index (χ0n) is 24.1. The Labute approximate surface area is 246 Å². The van der Waals surface area contributed by atoms with E-state index in [1.54, 1.807) is 30.3 Å². The lowest BCUT2D eigenvalue weighted by molar-refractivity contribution is -0.248. The molecule has 0 spiro atoms. The van der Waals surface area contributed by atoms with Crippen molar-refractivity contribution in [3.63, 3.8) is 0 Å². The number of hydrogen-bond donors (Lipinski definition) is 5. The highest BCUT2D eigenvalue weighted by atomic mass is 17.2. The van der Waals surface area contributed by atoms with Crippen LogP contribution in [-0.2, 0) is 37.1 Å². The fourth-order valence-electron chi connectivity index (χ4n) is 4.38. The van der Waals surface area contributed by atoms with Gasteiger partial charge in [-0.05, 0) is 81.0 Å². The van der Waals surface area contributed by atoms with Gasteiger partial charge < -0.3 is 31.1 Å². The number of primary amides is 1. The van der Waals surface area contributed by atoms with Crippen molar-refractivity contribution in [3.05, 3.63) is 59.2 Å². The van der Waals surface area contributed by atoms with Crippen LogP contribution in [-0.4, -0.2) is 66.1 Å². The van der Waals surface area contributed by atoms with Gasteiger partial charge in [-0.1, -0.05) is 31.0 Å². The highest BCUT2D eigenvalue weighted by Crippen LogP contribution is 2.23. The van der Waals surface area contributed by atoms with E-state index >= 15 is 0 Å². The van der Waals surface area contributed by atoms with Crippen LogP contribution in [0.1, 0.15) is 68.2 Å². The molecule has 2 aromatic carbocycles. The third-order valence-electron chi connectivity index (χ3n) is 6.72. The van der Waals surface area contributed by atoms with Crippen LogP contribution in [0.4, 0.5) is 10.5 Å². The number of nitrogens with one attached hydrogen (secondary N) is 1. The molecule has 2 aromatic rings. The van der Waals surface area contributed by atoms with Gasteiger partial charge in [-0.15, -0.1) is 0 Å². The molecular weight excluding hydrogens is 546 g/mol. The number of amides is 2. The summed E-state index contributed by atoms with van der Waals surface area (Å²) in [5.74, 6) is -0.911. The van der Waals surface area contributed by atoms with Crippen molar-refractivity contribution in [2.24, 2.45) is 5.73 Å². The molecule has 0 fully saturated rings. The van der Waals surface area contributed by atoms with E-state index in [9.17, 15) is 29.7 Å². The average Bonchev–Trinajstić information content (AvgIpc) is 2.98. The number of anilines is 1. The summed E-state index contributed by atoms with van der Waals surface area (Å²) in [6.07, 6.45) is 5.89. The number of rotatable bonds is 21. The second-order valence-corrected chi connectivity index (χ2v) is 9.90. The second kappa shape index (κ2) is 19.4. The van der Waals surface area contributed by atoms with Crippen molar-refractivity contribution in [2.45, 2.75) is 70.6 Å². The Kier molecular flexibility index (Phi) is 15.9. The molecule has 0 aromatic heterocycles. The Bertz CT molecular complexity index is 1120. The van der Waals surface area contributed by atoms with Crippen molar-refractivity contribution >= 4 is 24.2 Å². The molecule has 0 saturated carbocycles. The van der Waals surface area contributed by atoms with Crippen molar-refractivity contribution in [2.75, 3.05) is 31.2 Å². The lowest BCUT2D eigenvalue weighted by atomic mass is 10.1. The predicted molar refractivity (Wildman–Crippen MR) is 155 cm³/mol. The van der Waals surface area contributed by atoms with Gasteiger partial charge in [-0.2, -0.15) is 0 Å². The maximum absolute atomic E-state index is 12.0. The maximum atomic E-state index is 12.0. The molecule has 0 aliphatic carbocycles. The number of carbonyl (C=O) groups excluding carboxylic acids is 3. The van der Waals surface area contributed by atoms with Crippen LogP contribution in [0.15, 0.2) is 42.5 Å². The zero-order chi connectivity index (χ0) is 30.7. The number of nitrogens with two attached hydrogens (primary N) is 1. The first-order valence-corrected chi connectivity index (χ1v) is 14.2. The number of unbranched alkanes of at least 4 members (excludes halogenated alkanes) is 4. The normalized spacial score (nSPS) is 12.4. The quantitative estimate of drug-likeness (QED) is 0.0628. The lowest BCUT2D eigenvalue weighted by Crippen LogP contribution is -2.47. The van der Waals surface area contributed by atoms with Gasteiger partial charge in [0, 0.05) is 31.0 Å². The molecule has 2 amide bonds. The maximum Gasteiger partial charge on any atom is 0.377 e. The minimum absolute atomic E-state index is 0.0187. The summed E-state index contributed by atoms with van der Waals surface area (Å²) in [4.78, 5) is 43.7. The molecule has 0 saturated heterocycles. The smallest absolute Gasteiger partial charge is 0.377 e. The van der Waals surface area contributed by atoms with Crippen molar-refractivity contribution < 1.29 is 44.2 Å². The van der Waals surface area contributed by atoms with Crippen LogP contribution in [0.5, 0.6) is 5.75 Å². The molecule has 42 heavy (non-hydrogen) atoms. The highest BCUT2D eigenvalue weighted by molar-refractivity contribution is 5.97. The Hall–Kier alpha value is -3.71. The molecule has 232 valence electrons. The summed E-state index contributed by atoms with van der Waals surface area (Å²) >= 11 is 0. The number of aliphatic hydroxyl groups is 2. The largest absolute Gasteiger partial charge is 0.508 e. The molecular formula is C30H43N3O9. The molecule has 12 nitrogen and oxygen atoms in total. The SMILES string of the molecule is CC(C(=O)OOC=O)N(C(N)=O)c1cccc(CCCCOCCCCCCNC[C@H](O)c2ccc(O)c(CO)c2)c1. The van der Waals surface area contributed by atoms with Crippen LogP contribution in [0, 0.1) is 0 Å². The van der Waals surface area contributed by atoms with E-state index in [0.717, 1.165) is 62.0 Å². The Morgan fingerprint density at radius 3 is 2.50 bits per heavy atom. The van der Waals surface area contributed by atoms with Gasteiger partial charge in [0.25, 0.3) is 0 Å². The Morgan fingerprint density at radius 2 is 1.79 bits per heavy atom. The number of aryl methyl sites for hydroxylation is 1. The fraction of sp³-hybridized carbons (Fsp3) is 0.500. The summed E-state index contributed by atoms with van der Waals surface area (Å²) in [6, 6.07) is 9.96. The van der Waals surface area contributed by atoms with Crippen LogP contribution in [0.25, 0.3) is 0 Å². The summed E-state index contributed by atoms with van der Waals surface area (Å²) in [5.41, 5.74) is 7.94. The van der Waals surface area contributed by atoms with E-state index in [0.29, 0.717) is 36.6 Å². The molecule has 0 bridgehead atoms. The molecule has 1 unspecified atom stereocenters. The summed E-state index contributed by atoms with van der Waals surface area (Å²) in [7, 11) is 0. The van der Waals surface area contributed by atoms with Gasteiger partial charge >= 0.3 is 18.5 Å². The van der Waals surface area contributed by atoms with E-state index in [4.69, 9.17) is 10.5 Å². The first-order chi connectivity index (χ1) is 20.3. The number of aliphatic hydroxyl groups excluding tert-OH is 2. The molecule has 2 atom stereocenters. The third kappa shape index (κ3) is 12.0. The number of phenols is 1. The van der Waals surface area contributed by atoms with Crippen LogP contribution in [0.2, 0.25) is 0 Å². The minimum Gasteiger partial charge on any atom is -0.508 e. The molecule has 0 radical (unpaired) electrons. The van der Waals surface area contributed by atoms with Gasteiger partial charge in [0.05, 0.1) is 12.7 Å². The number of carbonyl (C=O) groups is 3. The highest BCUT2D eigenvalue weighted by Gasteiger charge is 2.28. The molecule has 0 heterocycles. The van der Waals surface area contributed by atoms with E-state index in [1.165, 1.54) is 13.0 Å². The standard InChI is InChI=1S/C30H43N3O9/c1-22(29(38)42-41-21-35)33(30(31)39)26-11-8-10-23(17-26)9-4-7-16-40-15-6-3-2-5-14-32-19-28(37)24-12-13-27(36)25(18-24)20-34/h8,10-13,17-18,21-22,28,32,34,36-37H,2-7,9,14-16,19-20H2,1H3,(H2,31,39)/t22?,28-/m0/s1. The Morgan fingerprint density at radius 1 is 1.05 bits per heavy atom. The van der Waals surface area contributed by atoms with Crippen molar-refractivity contribution in [1.82, 2.24) is 5.32 Å². The van der Waals surface area contributed by atoms with E-state index in [1.807, 2.05) is 6.07 Å². The monoisotopic (exact) mass is 589 g/mol. The molecule has 12 heteroatoms. The van der Waals surface area contributed by atoms with Gasteiger partial charge in [0.15, 0.2) is 0 Å². The van der Waals surface area contributed by atoms with Gasteiger partial charge in [-0.25, -0.2) is 14.5 Å². The molecule has 0 aliphatic rings. The first kappa shape index (κ1) is 34.5. The zero-order valence-corrected chi connectivity index (χ0v) is 24.1. The number of aromatic hydroxyl groups is 1. The Balaban J connectivity index is 1.55. The van der Waals surface area contributed by atoms with E-state index < -0.39 is 24.1 Å². The van der Waals surface area contributed by atoms with Gasteiger partial charge in [0.2, 0.25) is 0 Å². The van der Waals surface area contributed by atoms with Crippen molar-refractivity contribution in [1.29, 1.82) is 0 Å². The van der Waals surface area contributed by atoms with Gasteiger partial charge in [-0.3, -0.25) is 14.6 Å². The number of urea groups is 1. The van der Waals surface area contributed by atoms with E-state index in [2.05, 4.69) is 15.1 Å². The third-order valence-corrected chi connectivity index (χ3v) is 6.72. The van der Waals surface area contributed by atoms with Crippen LogP contribution in [0.3, 0.4) is 0 Å². The van der Waals surface area contributed by atoms with Crippen LogP contribution < -0.4 is 16.0 Å². The molecule has 2 rings (SSSR count). The summed E-state index contributed by atoms with van der Waals surface area (Å²) < 4.78 is 5.75. The van der Waals surface area contributed by atoms with Crippen LogP contribution >= 0.6 is 0 Å². The lowest BCUT2D eigenvalue weighted by Gasteiger charge is -2.25. The van der Waals surface area contributed by atoms with Crippen molar-refractivity contribution in [3.8, 4) is 5.75 Å². The average molecular weight is 590 g/mol. The second-order valence-electron chi connectivity index (χ2n) is 9.90. The number of ether oxygens (including phenoxy) is 1. The predicted octanol–water partition coefficient (Wildman–Crippen LogP) is 3.01.